The number of aromatic nitrogens is 3. The van der Waals surface area contributed by atoms with Crippen molar-refractivity contribution in [1.82, 2.24) is 18.7 Å². The van der Waals surface area contributed by atoms with Crippen LogP contribution in [0.15, 0.2) is 72.0 Å². The number of nitrogens with one attached hydrogen (secondary N) is 1. The summed E-state index contributed by atoms with van der Waals surface area (Å²) in [6.45, 7) is 1.56. The Balaban J connectivity index is 1.40. The van der Waals surface area contributed by atoms with E-state index in [1.807, 2.05) is 34.9 Å². The molecule has 0 spiro atoms. The second kappa shape index (κ2) is 8.81. The molecule has 0 unspecified atom stereocenters. The first-order valence-electron chi connectivity index (χ1n) is 10.5. The molecule has 1 fully saturated rings. The van der Waals surface area contributed by atoms with Crippen LogP contribution in [-0.4, -0.2) is 60.5 Å². The summed E-state index contributed by atoms with van der Waals surface area (Å²) in [7, 11) is -1.90. The molecule has 0 bridgehead atoms. The summed E-state index contributed by atoms with van der Waals surface area (Å²) in [4.78, 5) is 9.22. The first-order valence-corrected chi connectivity index (χ1v) is 11.9. The summed E-state index contributed by atoms with van der Waals surface area (Å²) >= 11 is 0. The minimum Gasteiger partial charge on any atom is -0.497 e. The lowest BCUT2D eigenvalue weighted by Crippen LogP contribution is -2.40. The maximum atomic E-state index is 12.8. The van der Waals surface area contributed by atoms with Crippen molar-refractivity contribution in [3.05, 3.63) is 67.1 Å². The molecule has 1 aliphatic rings. The van der Waals surface area contributed by atoms with Gasteiger partial charge in [-0.05, 0) is 48.5 Å². The van der Waals surface area contributed by atoms with Gasteiger partial charge >= 0.3 is 0 Å². The van der Waals surface area contributed by atoms with E-state index in [1.165, 1.54) is 4.31 Å². The van der Waals surface area contributed by atoms with Crippen molar-refractivity contribution in [2.24, 2.45) is 0 Å². The van der Waals surface area contributed by atoms with Gasteiger partial charge in [0, 0.05) is 36.7 Å². The van der Waals surface area contributed by atoms with Gasteiger partial charge in [-0.15, -0.1) is 0 Å². The van der Waals surface area contributed by atoms with Crippen LogP contribution < -0.4 is 10.1 Å². The average molecular weight is 466 g/mol. The predicted octanol–water partition coefficient (Wildman–Crippen LogP) is 3.17. The molecule has 0 radical (unpaired) electrons. The highest BCUT2D eigenvalue weighted by atomic mass is 32.2. The number of nitrogens with zero attached hydrogens (tertiary/aromatic N) is 4. The second-order valence-corrected chi connectivity index (χ2v) is 9.45. The number of hydrogen-bond donors (Lipinski definition) is 1. The fourth-order valence-electron chi connectivity index (χ4n) is 3.77. The van der Waals surface area contributed by atoms with Gasteiger partial charge in [-0.1, -0.05) is 0 Å². The SMILES string of the molecule is COc1ccc(-c2cnc3c(Nc4ccc(S(=O)(=O)N5CCOCC5)cc4)nccn23)cc1. The molecule has 0 aliphatic carbocycles. The molecule has 1 N–H and O–H groups in total. The Morgan fingerprint density at radius 1 is 1.00 bits per heavy atom. The molecule has 0 saturated carbocycles. The molecule has 0 atom stereocenters. The molecule has 4 aromatic rings. The highest BCUT2D eigenvalue weighted by molar-refractivity contribution is 7.89. The molecule has 9 nitrogen and oxygen atoms in total. The van der Waals surface area contributed by atoms with Gasteiger partial charge in [0.05, 0.1) is 37.1 Å². The topological polar surface area (TPSA) is 98.1 Å². The van der Waals surface area contributed by atoms with Crippen LogP contribution in [0.2, 0.25) is 0 Å². The highest BCUT2D eigenvalue weighted by Crippen LogP contribution is 2.27. The largest absolute Gasteiger partial charge is 0.497 e. The lowest BCUT2D eigenvalue weighted by Gasteiger charge is -2.26. The zero-order valence-corrected chi connectivity index (χ0v) is 18.8. The monoisotopic (exact) mass is 465 g/mol. The minimum absolute atomic E-state index is 0.253. The number of methoxy groups -OCH3 is 1. The Morgan fingerprint density at radius 2 is 1.73 bits per heavy atom. The summed E-state index contributed by atoms with van der Waals surface area (Å²) in [5.74, 6) is 1.36. The molecule has 33 heavy (non-hydrogen) atoms. The highest BCUT2D eigenvalue weighted by Gasteiger charge is 2.26. The molecular weight excluding hydrogens is 442 g/mol. The van der Waals surface area contributed by atoms with Gasteiger partial charge in [-0.25, -0.2) is 18.4 Å². The fraction of sp³-hybridized carbons (Fsp3) is 0.217. The van der Waals surface area contributed by atoms with E-state index in [1.54, 1.807) is 43.8 Å². The van der Waals surface area contributed by atoms with Gasteiger partial charge in [-0.3, -0.25) is 4.40 Å². The number of morpholine rings is 1. The van der Waals surface area contributed by atoms with Crippen molar-refractivity contribution in [2.75, 3.05) is 38.7 Å². The number of rotatable bonds is 6. The number of benzene rings is 2. The van der Waals surface area contributed by atoms with Crippen LogP contribution in [0.4, 0.5) is 11.5 Å². The maximum Gasteiger partial charge on any atom is 0.243 e. The van der Waals surface area contributed by atoms with E-state index >= 15 is 0 Å². The van der Waals surface area contributed by atoms with E-state index < -0.39 is 10.0 Å². The van der Waals surface area contributed by atoms with E-state index in [0.717, 1.165) is 17.0 Å². The molecule has 0 amide bonds. The minimum atomic E-state index is -3.53. The number of ether oxygens (including phenoxy) is 2. The van der Waals surface area contributed by atoms with E-state index in [-0.39, 0.29) is 4.90 Å². The molecule has 3 heterocycles. The molecule has 10 heteroatoms. The first kappa shape index (κ1) is 21.4. The maximum absolute atomic E-state index is 12.8. The molecule has 1 saturated heterocycles. The van der Waals surface area contributed by atoms with Gasteiger partial charge in [-0.2, -0.15) is 4.31 Å². The number of sulfonamides is 1. The Labute approximate surface area is 191 Å². The molecular formula is C23H23N5O4S. The van der Waals surface area contributed by atoms with Crippen LogP contribution in [0.25, 0.3) is 16.9 Å². The zero-order valence-electron chi connectivity index (χ0n) is 18.0. The Kier molecular flexibility index (Phi) is 5.71. The quantitative estimate of drug-likeness (QED) is 0.467. The van der Waals surface area contributed by atoms with Crippen LogP contribution in [0, 0.1) is 0 Å². The normalized spacial score (nSPS) is 14.9. The third-order valence-corrected chi connectivity index (χ3v) is 7.45. The third kappa shape index (κ3) is 4.15. The zero-order chi connectivity index (χ0) is 22.8. The van der Waals surface area contributed by atoms with Crippen LogP contribution in [0.5, 0.6) is 5.75 Å². The molecule has 2 aromatic heterocycles. The summed E-state index contributed by atoms with van der Waals surface area (Å²) in [6, 6.07) is 14.4. The smallest absolute Gasteiger partial charge is 0.243 e. The Bertz CT molecular complexity index is 1360. The van der Waals surface area contributed by atoms with Gasteiger partial charge in [0.2, 0.25) is 10.0 Å². The number of fused-ring (bicyclic) bond motifs is 1. The predicted molar refractivity (Wildman–Crippen MR) is 124 cm³/mol. The van der Waals surface area contributed by atoms with Gasteiger partial charge in [0.25, 0.3) is 0 Å². The van der Waals surface area contributed by atoms with Gasteiger partial charge in [0.1, 0.15) is 5.75 Å². The number of hydrogen-bond acceptors (Lipinski definition) is 7. The second-order valence-electron chi connectivity index (χ2n) is 7.51. The first-order chi connectivity index (χ1) is 16.1. The van der Waals surface area contributed by atoms with Gasteiger partial charge < -0.3 is 14.8 Å². The third-order valence-electron chi connectivity index (χ3n) is 5.54. The van der Waals surface area contributed by atoms with Gasteiger partial charge in [0.15, 0.2) is 11.5 Å². The fourth-order valence-corrected chi connectivity index (χ4v) is 5.17. The summed E-state index contributed by atoms with van der Waals surface area (Å²) in [6.07, 6.45) is 5.34. The summed E-state index contributed by atoms with van der Waals surface area (Å²) in [5, 5.41) is 3.25. The summed E-state index contributed by atoms with van der Waals surface area (Å²) < 4.78 is 39.5. The van der Waals surface area contributed by atoms with Crippen LogP contribution in [-0.2, 0) is 14.8 Å². The van der Waals surface area contributed by atoms with Crippen molar-refractivity contribution in [1.29, 1.82) is 0 Å². The molecule has 5 rings (SSSR count). The molecule has 2 aromatic carbocycles. The van der Waals surface area contributed by atoms with Crippen LogP contribution >= 0.6 is 0 Å². The van der Waals surface area contributed by atoms with Crippen molar-refractivity contribution in [2.45, 2.75) is 4.90 Å². The lowest BCUT2D eigenvalue weighted by atomic mass is 10.1. The summed E-state index contributed by atoms with van der Waals surface area (Å²) in [5.41, 5.74) is 3.29. The Morgan fingerprint density at radius 3 is 2.42 bits per heavy atom. The molecule has 170 valence electrons. The van der Waals surface area contributed by atoms with Crippen molar-refractivity contribution in [3.8, 4) is 17.0 Å². The standard InChI is InChI=1S/C23H23N5O4S/c1-31-19-6-2-17(3-7-19)21-16-25-23-22(24-10-11-28(21)23)26-18-4-8-20(9-5-18)33(29,30)27-12-14-32-15-13-27/h2-11,16H,12-15H2,1H3,(H,24,26). The van der Waals surface area contributed by atoms with E-state index in [9.17, 15) is 8.42 Å². The van der Waals surface area contributed by atoms with E-state index in [2.05, 4.69) is 15.3 Å². The van der Waals surface area contributed by atoms with Crippen molar-refractivity contribution >= 4 is 27.2 Å². The van der Waals surface area contributed by atoms with Crippen LogP contribution in [0.1, 0.15) is 0 Å². The lowest BCUT2D eigenvalue weighted by molar-refractivity contribution is 0.0730. The van der Waals surface area contributed by atoms with Crippen molar-refractivity contribution in [3.63, 3.8) is 0 Å². The van der Waals surface area contributed by atoms with E-state index in [0.29, 0.717) is 43.5 Å². The van der Waals surface area contributed by atoms with Crippen molar-refractivity contribution < 1.29 is 17.9 Å². The Hall–Kier alpha value is -3.47. The van der Waals surface area contributed by atoms with E-state index in [4.69, 9.17) is 9.47 Å². The average Bonchev–Trinajstić information content (AvgIpc) is 3.30. The number of anilines is 2. The molecule has 1 aliphatic heterocycles. The van der Waals surface area contributed by atoms with Crippen LogP contribution in [0.3, 0.4) is 0 Å². The number of imidazole rings is 1.